The van der Waals surface area contributed by atoms with Crippen LogP contribution in [0.15, 0.2) is 12.7 Å². The van der Waals surface area contributed by atoms with Crippen molar-refractivity contribution in [1.29, 1.82) is 0 Å². The predicted octanol–water partition coefficient (Wildman–Crippen LogP) is 1.63. The highest BCUT2D eigenvalue weighted by Gasteiger charge is 2.73. The zero-order valence-corrected chi connectivity index (χ0v) is 13.7. The molecule has 0 aromatic rings. The van der Waals surface area contributed by atoms with Crippen LogP contribution >= 0.6 is 0 Å². The molecule has 1 heterocycles. The maximum Gasteiger partial charge on any atom is 0.344 e. The van der Waals surface area contributed by atoms with E-state index in [9.17, 15) is 14.4 Å². The van der Waals surface area contributed by atoms with Crippen LogP contribution in [-0.2, 0) is 28.6 Å². The average Bonchev–Trinajstić information content (AvgIpc) is 2.98. The van der Waals surface area contributed by atoms with E-state index < -0.39 is 18.5 Å². The highest BCUT2D eigenvalue weighted by Crippen LogP contribution is 2.71. The first-order valence-corrected chi connectivity index (χ1v) is 7.89. The maximum absolute atomic E-state index is 11.9. The van der Waals surface area contributed by atoms with Crippen LogP contribution in [0.25, 0.3) is 0 Å². The minimum atomic E-state index is -0.656. The second-order valence-corrected chi connectivity index (χ2v) is 7.49. The fraction of sp³-hybridized carbons (Fsp3) is 0.706. The van der Waals surface area contributed by atoms with E-state index in [4.69, 9.17) is 14.2 Å². The molecule has 2 aliphatic carbocycles. The third-order valence-corrected chi connectivity index (χ3v) is 6.25. The lowest BCUT2D eigenvalue weighted by atomic mass is 9.70. The highest BCUT2D eigenvalue weighted by molar-refractivity contribution is 5.83. The van der Waals surface area contributed by atoms with Crippen molar-refractivity contribution in [2.75, 3.05) is 6.61 Å². The second-order valence-electron chi connectivity index (χ2n) is 7.49. The van der Waals surface area contributed by atoms with Crippen molar-refractivity contribution in [1.82, 2.24) is 0 Å². The van der Waals surface area contributed by atoms with E-state index in [1.165, 1.54) is 0 Å². The lowest BCUT2D eigenvalue weighted by Crippen LogP contribution is -2.40. The van der Waals surface area contributed by atoms with Crippen LogP contribution in [0, 0.1) is 22.7 Å². The molecule has 0 amide bonds. The highest BCUT2D eigenvalue weighted by atomic mass is 16.6. The lowest BCUT2D eigenvalue weighted by Gasteiger charge is -2.37. The molecule has 3 rings (SSSR count). The number of rotatable bonds is 4. The van der Waals surface area contributed by atoms with Crippen LogP contribution in [-0.4, -0.2) is 36.7 Å². The topological polar surface area (TPSA) is 78.9 Å². The fourth-order valence-electron chi connectivity index (χ4n) is 4.95. The molecule has 2 saturated carbocycles. The molecule has 3 aliphatic rings. The molecular weight excluding hydrogens is 300 g/mol. The van der Waals surface area contributed by atoms with Gasteiger partial charge < -0.3 is 14.2 Å². The molecule has 5 unspecified atom stereocenters. The van der Waals surface area contributed by atoms with Gasteiger partial charge in [-0.1, -0.05) is 27.4 Å². The molecule has 1 aliphatic heterocycles. The van der Waals surface area contributed by atoms with E-state index in [1.54, 1.807) is 0 Å². The number of carbonyl (C=O) groups is 3. The van der Waals surface area contributed by atoms with E-state index in [1.807, 2.05) is 0 Å². The molecule has 0 aromatic heterocycles. The number of carbonyl (C=O) groups excluding carboxylic acids is 3. The Balaban J connectivity index is 1.72. The van der Waals surface area contributed by atoms with E-state index in [0.29, 0.717) is 12.8 Å². The Labute approximate surface area is 135 Å². The number of esters is 3. The van der Waals surface area contributed by atoms with Crippen molar-refractivity contribution in [3.8, 4) is 0 Å². The lowest BCUT2D eigenvalue weighted by molar-refractivity contribution is -0.165. The van der Waals surface area contributed by atoms with Crippen molar-refractivity contribution < 1.29 is 28.6 Å². The number of hydrogen-bond donors (Lipinski definition) is 0. The zero-order valence-electron chi connectivity index (χ0n) is 13.7. The zero-order chi connectivity index (χ0) is 17.0. The smallest absolute Gasteiger partial charge is 0.344 e. The summed E-state index contributed by atoms with van der Waals surface area (Å²) in [6, 6.07) is 0. The van der Waals surface area contributed by atoms with Crippen LogP contribution < -0.4 is 0 Å². The van der Waals surface area contributed by atoms with Gasteiger partial charge in [-0.2, -0.15) is 0 Å². The Morgan fingerprint density at radius 3 is 2.74 bits per heavy atom. The van der Waals surface area contributed by atoms with E-state index >= 15 is 0 Å². The molecule has 0 N–H and O–H groups in total. The SMILES string of the molecule is C=CC(=O)OCC(=O)OC1CC2(C)C3OC(=O)CC3C1C2(C)C. The first-order chi connectivity index (χ1) is 10.7. The van der Waals surface area contributed by atoms with Gasteiger partial charge in [-0.05, 0) is 11.8 Å². The van der Waals surface area contributed by atoms with Crippen molar-refractivity contribution in [3.63, 3.8) is 0 Å². The quantitative estimate of drug-likeness (QED) is 0.445. The number of ether oxygens (including phenoxy) is 3. The summed E-state index contributed by atoms with van der Waals surface area (Å²) in [7, 11) is 0. The van der Waals surface area contributed by atoms with Gasteiger partial charge >= 0.3 is 17.9 Å². The summed E-state index contributed by atoms with van der Waals surface area (Å²) in [5.41, 5.74) is -0.303. The van der Waals surface area contributed by atoms with Crippen molar-refractivity contribution in [2.24, 2.45) is 22.7 Å². The molecule has 6 heteroatoms. The summed E-state index contributed by atoms with van der Waals surface area (Å²) in [6.45, 7) is 9.25. The Kier molecular flexibility index (Phi) is 3.54. The van der Waals surface area contributed by atoms with Crippen LogP contribution in [0.3, 0.4) is 0 Å². The molecule has 126 valence electrons. The molecule has 1 saturated heterocycles. The molecule has 23 heavy (non-hydrogen) atoms. The normalized spacial score (nSPS) is 39.5. The van der Waals surface area contributed by atoms with E-state index in [2.05, 4.69) is 27.4 Å². The summed E-state index contributed by atoms with van der Waals surface area (Å²) in [5.74, 6) is -1.23. The van der Waals surface area contributed by atoms with Gasteiger partial charge in [-0.15, -0.1) is 0 Å². The first kappa shape index (κ1) is 16.0. The summed E-state index contributed by atoms with van der Waals surface area (Å²) in [6.07, 6.45) is 1.67. The Hall–Kier alpha value is -1.85. The maximum atomic E-state index is 11.9. The van der Waals surface area contributed by atoms with Gasteiger partial charge in [0.2, 0.25) is 0 Å². The van der Waals surface area contributed by atoms with Gasteiger partial charge in [0, 0.05) is 23.3 Å². The Bertz CT molecular complexity index is 580. The molecule has 5 atom stereocenters. The monoisotopic (exact) mass is 322 g/mol. The molecule has 3 fully saturated rings. The van der Waals surface area contributed by atoms with Gasteiger partial charge in [0.25, 0.3) is 0 Å². The Morgan fingerprint density at radius 2 is 2.09 bits per heavy atom. The van der Waals surface area contributed by atoms with Crippen LogP contribution in [0.5, 0.6) is 0 Å². The predicted molar refractivity (Wildman–Crippen MR) is 79.0 cm³/mol. The Morgan fingerprint density at radius 1 is 1.39 bits per heavy atom. The van der Waals surface area contributed by atoms with Crippen LogP contribution in [0.2, 0.25) is 0 Å². The summed E-state index contributed by atoms with van der Waals surface area (Å²) < 4.78 is 15.8. The van der Waals surface area contributed by atoms with Crippen molar-refractivity contribution in [3.05, 3.63) is 12.7 Å². The molecule has 2 bridgehead atoms. The summed E-state index contributed by atoms with van der Waals surface area (Å²) >= 11 is 0. The van der Waals surface area contributed by atoms with Gasteiger partial charge in [0.1, 0.15) is 12.2 Å². The van der Waals surface area contributed by atoms with E-state index in [0.717, 1.165) is 6.08 Å². The second kappa shape index (κ2) is 5.08. The number of hydrogen-bond acceptors (Lipinski definition) is 6. The minimum Gasteiger partial charge on any atom is -0.461 e. The third kappa shape index (κ3) is 2.18. The molecule has 0 radical (unpaired) electrons. The van der Waals surface area contributed by atoms with Crippen LogP contribution in [0.4, 0.5) is 0 Å². The molecule has 0 aromatic carbocycles. The van der Waals surface area contributed by atoms with Gasteiger partial charge in [-0.3, -0.25) is 4.79 Å². The average molecular weight is 322 g/mol. The van der Waals surface area contributed by atoms with Gasteiger partial charge in [0.05, 0.1) is 6.42 Å². The fourth-order valence-corrected chi connectivity index (χ4v) is 4.95. The van der Waals surface area contributed by atoms with Crippen LogP contribution in [0.1, 0.15) is 33.6 Å². The number of fused-ring (bicyclic) bond motifs is 5. The third-order valence-electron chi connectivity index (χ3n) is 6.25. The van der Waals surface area contributed by atoms with Crippen molar-refractivity contribution >= 4 is 17.9 Å². The molecule has 6 nitrogen and oxygen atoms in total. The molecule has 0 spiro atoms. The minimum absolute atomic E-state index is 0.0722. The van der Waals surface area contributed by atoms with Gasteiger partial charge in [-0.25, -0.2) is 9.59 Å². The first-order valence-electron chi connectivity index (χ1n) is 7.89. The van der Waals surface area contributed by atoms with Gasteiger partial charge in [0.15, 0.2) is 6.61 Å². The molecular formula is C17H22O6. The van der Waals surface area contributed by atoms with Crippen molar-refractivity contribution in [2.45, 2.75) is 45.8 Å². The summed E-state index contributed by atoms with van der Waals surface area (Å²) in [4.78, 5) is 34.6. The standard InChI is InChI=1S/C17H22O6/c1-5-11(18)21-8-13(20)22-10-7-17(4)15-9(6-12(19)23-15)14(10)16(17,2)3/h5,9-10,14-15H,1,6-8H2,2-4H3. The van der Waals surface area contributed by atoms with E-state index in [-0.39, 0.29) is 40.8 Å². The summed E-state index contributed by atoms with van der Waals surface area (Å²) in [5, 5.41) is 0. The largest absolute Gasteiger partial charge is 0.461 e.